The molecule has 1 N–H and O–H groups in total. The van der Waals surface area contributed by atoms with Gasteiger partial charge in [-0.3, -0.25) is 4.79 Å². The summed E-state index contributed by atoms with van der Waals surface area (Å²) in [4.78, 5) is 11.8. The van der Waals surface area contributed by atoms with Gasteiger partial charge in [-0.25, -0.2) is 0 Å². The molecule has 0 heterocycles. The molecular formula is C12H21NO. The highest BCUT2D eigenvalue weighted by atomic mass is 16.1. The van der Waals surface area contributed by atoms with Gasteiger partial charge < -0.3 is 5.32 Å². The van der Waals surface area contributed by atoms with Gasteiger partial charge in [0, 0.05) is 12.5 Å². The summed E-state index contributed by atoms with van der Waals surface area (Å²) >= 11 is 0. The van der Waals surface area contributed by atoms with Crippen molar-refractivity contribution in [2.75, 3.05) is 6.54 Å². The molecule has 1 saturated carbocycles. The number of amides is 1. The topological polar surface area (TPSA) is 29.1 Å². The standard InChI is InChI=1S/C12H21NO/c1-9(2)8-13-11(14)10-6-5-7-12(10,3)4/h10H,1,5-8H2,2-4H3,(H,13,14). The van der Waals surface area contributed by atoms with Crippen molar-refractivity contribution in [2.24, 2.45) is 11.3 Å². The van der Waals surface area contributed by atoms with Crippen LogP contribution in [0.5, 0.6) is 0 Å². The van der Waals surface area contributed by atoms with Crippen molar-refractivity contribution in [1.82, 2.24) is 5.32 Å². The zero-order valence-electron chi connectivity index (χ0n) is 9.52. The van der Waals surface area contributed by atoms with E-state index in [0.29, 0.717) is 6.54 Å². The van der Waals surface area contributed by atoms with Crippen molar-refractivity contribution in [3.63, 3.8) is 0 Å². The molecule has 80 valence electrons. The predicted octanol–water partition coefficient (Wildman–Crippen LogP) is 2.51. The molecule has 1 fully saturated rings. The summed E-state index contributed by atoms with van der Waals surface area (Å²) in [5, 5.41) is 2.94. The minimum Gasteiger partial charge on any atom is -0.352 e. The van der Waals surface area contributed by atoms with Gasteiger partial charge in [-0.1, -0.05) is 32.4 Å². The molecule has 14 heavy (non-hydrogen) atoms. The minimum absolute atomic E-state index is 0.180. The molecule has 1 atom stereocenters. The third-order valence-electron chi connectivity index (χ3n) is 3.14. The van der Waals surface area contributed by atoms with Gasteiger partial charge in [0.1, 0.15) is 0 Å². The summed E-state index contributed by atoms with van der Waals surface area (Å²) in [7, 11) is 0. The average molecular weight is 195 g/mol. The highest BCUT2D eigenvalue weighted by molar-refractivity contribution is 5.79. The molecule has 0 aromatic rings. The Morgan fingerprint density at radius 3 is 2.64 bits per heavy atom. The molecule has 0 bridgehead atoms. The first kappa shape index (κ1) is 11.3. The lowest BCUT2D eigenvalue weighted by molar-refractivity contribution is -0.127. The SMILES string of the molecule is C=C(C)CNC(=O)C1CCCC1(C)C. The van der Waals surface area contributed by atoms with Gasteiger partial charge in [-0.15, -0.1) is 0 Å². The Kier molecular flexibility index (Phi) is 3.35. The lowest BCUT2D eigenvalue weighted by Crippen LogP contribution is -2.36. The van der Waals surface area contributed by atoms with Gasteiger partial charge in [-0.2, -0.15) is 0 Å². The van der Waals surface area contributed by atoms with Crippen molar-refractivity contribution in [1.29, 1.82) is 0 Å². The van der Waals surface area contributed by atoms with Crippen molar-refractivity contribution in [3.8, 4) is 0 Å². The fraction of sp³-hybridized carbons (Fsp3) is 0.750. The van der Waals surface area contributed by atoms with E-state index >= 15 is 0 Å². The first-order valence-corrected chi connectivity index (χ1v) is 5.35. The fourth-order valence-electron chi connectivity index (χ4n) is 2.17. The summed E-state index contributed by atoms with van der Waals surface area (Å²) in [6.07, 6.45) is 3.38. The highest BCUT2D eigenvalue weighted by Gasteiger charge is 2.38. The van der Waals surface area contributed by atoms with E-state index in [0.717, 1.165) is 18.4 Å². The van der Waals surface area contributed by atoms with Gasteiger partial charge in [0.05, 0.1) is 0 Å². The van der Waals surface area contributed by atoms with Crippen LogP contribution < -0.4 is 5.32 Å². The van der Waals surface area contributed by atoms with E-state index in [4.69, 9.17) is 0 Å². The van der Waals surface area contributed by atoms with Crippen molar-refractivity contribution in [3.05, 3.63) is 12.2 Å². The monoisotopic (exact) mass is 195 g/mol. The lowest BCUT2D eigenvalue weighted by atomic mass is 9.81. The van der Waals surface area contributed by atoms with E-state index in [2.05, 4.69) is 25.7 Å². The molecule has 1 aliphatic carbocycles. The zero-order chi connectivity index (χ0) is 10.8. The second-order valence-corrected chi connectivity index (χ2v) is 5.11. The molecule has 2 heteroatoms. The molecule has 2 nitrogen and oxygen atoms in total. The number of hydrogen-bond acceptors (Lipinski definition) is 1. The first-order valence-electron chi connectivity index (χ1n) is 5.35. The highest BCUT2D eigenvalue weighted by Crippen LogP contribution is 2.42. The average Bonchev–Trinajstić information content (AvgIpc) is 2.41. The Morgan fingerprint density at radius 2 is 2.21 bits per heavy atom. The summed E-state index contributed by atoms with van der Waals surface area (Å²) in [6, 6.07) is 0. The van der Waals surface area contributed by atoms with E-state index in [1.165, 1.54) is 6.42 Å². The lowest BCUT2D eigenvalue weighted by Gasteiger charge is -2.25. The molecule has 0 aliphatic heterocycles. The smallest absolute Gasteiger partial charge is 0.223 e. The van der Waals surface area contributed by atoms with Crippen LogP contribution in [0.2, 0.25) is 0 Å². The Morgan fingerprint density at radius 1 is 1.57 bits per heavy atom. The maximum Gasteiger partial charge on any atom is 0.223 e. The molecule has 0 saturated heterocycles. The molecule has 0 radical (unpaired) electrons. The number of carbonyl (C=O) groups is 1. The van der Waals surface area contributed by atoms with Crippen LogP contribution in [-0.2, 0) is 4.79 Å². The van der Waals surface area contributed by atoms with E-state index in [1.54, 1.807) is 0 Å². The quantitative estimate of drug-likeness (QED) is 0.689. The Bertz CT molecular complexity index is 243. The predicted molar refractivity (Wildman–Crippen MR) is 58.9 cm³/mol. The molecule has 1 unspecified atom stereocenters. The van der Waals surface area contributed by atoms with Gasteiger partial charge in [0.2, 0.25) is 5.91 Å². The van der Waals surface area contributed by atoms with Gasteiger partial charge in [0.25, 0.3) is 0 Å². The summed E-state index contributed by atoms with van der Waals surface area (Å²) < 4.78 is 0. The van der Waals surface area contributed by atoms with Crippen molar-refractivity contribution in [2.45, 2.75) is 40.0 Å². The largest absolute Gasteiger partial charge is 0.352 e. The van der Waals surface area contributed by atoms with Gasteiger partial charge >= 0.3 is 0 Å². The molecular weight excluding hydrogens is 174 g/mol. The first-order chi connectivity index (χ1) is 6.43. The maximum absolute atomic E-state index is 11.8. The second kappa shape index (κ2) is 4.16. The fourth-order valence-corrected chi connectivity index (χ4v) is 2.17. The summed E-state index contributed by atoms with van der Waals surface area (Å²) in [6.45, 7) is 10.7. The Hall–Kier alpha value is -0.790. The van der Waals surface area contributed by atoms with Crippen LogP contribution in [0.1, 0.15) is 40.0 Å². The second-order valence-electron chi connectivity index (χ2n) is 5.11. The van der Waals surface area contributed by atoms with Crippen molar-refractivity contribution < 1.29 is 4.79 Å². The number of rotatable bonds is 3. The van der Waals surface area contributed by atoms with E-state index in [1.807, 2.05) is 6.92 Å². The van der Waals surface area contributed by atoms with Crippen LogP contribution in [0.3, 0.4) is 0 Å². The van der Waals surface area contributed by atoms with E-state index in [9.17, 15) is 4.79 Å². The number of nitrogens with one attached hydrogen (secondary N) is 1. The van der Waals surface area contributed by atoms with Gasteiger partial charge in [-0.05, 0) is 25.2 Å². The van der Waals surface area contributed by atoms with Crippen molar-refractivity contribution >= 4 is 5.91 Å². The Labute approximate surface area is 86.8 Å². The maximum atomic E-state index is 11.8. The van der Waals surface area contributed by atoms with Crippen LogP contribution in [0, 0.1) is 11.3 Å². The van der Waals surface area contributed by atoms with Gasteiger partial charge in [0.15, 0.2) is 0 Å². The minimum atomic E-state index is 0.180. The summed E-state index contributed by atoms with van der Waals surface area (Å²) in [5.74, 6) is 0.400. The molecule has 1 amide bonds. The van der Waals surface area contributed by atoms with Crippen LogP contribution in [0.4, 0.5) is 0 Å². The summed E-state index contributed by atoms with van der Waals surface area (Å²) in [5.41, 5.74) is 1.19. The molecule has 0 aromatic carbocycles. The molecule has 0 aromatic heterocycles. The van der Waals surface area contributed by atoms with Crippen LogP contribution in [-0.4, -0.2) is 12.5 Å². The van der Waals surface area contributed by atoms with E-state index < -0.39 is 0 Å². The van der Waals surface area contributed by atoms with E-state index in [-0.39, 0.29) is 17.2 Å². The third-order valence-corrected chi connectivity index (χ3v) is 3.14. The third kappa shape index (κ3) is 2.60. The molecule has 0 spiro atoms. The van der Waals surface area contributed by atoms with Crippen LogP contribution >= 0.6 is 0 Å². The normalized spacial score (nSPS) is 24.6. The zero-order valence-corrected chi connectivity index (χ0v) is 9.52. The molecule has 1 aliphatic rings. The Balaban J connectivity index is 2.48. The molecule has 1 rings (SSSR count). The van der Waals surface area contributed by atoms with Crippen LogP contribution in [0.25, 0.3) is 0 Å². The number of hydrogen-bond donors (Lipinski definition) is 1. The van der Waals surface area contributed by atoms with Crippen LogP contribution in [0.15, 0.2) is 12.2 Å². The number of carbonyl (C=O) groups excluding carboxylic acids is 1.